The van der Waals surface area contributed by atoms with Gasteiger partial charge in [-0.15, -0.1) is 0 Å². The maximum atomic E-state index is 11.6. The number of hydrogen-bond donors (Lipinski definition) is 1. The summed E-state index contributed by atoms with van der Waals surface area (Å²) >= 11 is 0. The molecule has 1 unspecified atom stereocenters. The molecule has 0 heterocycles. The molecule has 0 saturated carbocycles. The molecular formula is C35H65O4P. The summed E-state index contributed by atoms with van der Waals surface area (Å²) in [5.41, 5.74) is 4.51. The summed E-state index contributed by atoms with van der Waals surface area (Å²) in [6, 6.07) is 2.21. The van der Waals surface area contributed by atoms with Crippen molar-refractivity contribution in [1.29, 1.82) is 0 Å². The van der Waals surface area contributed by atoms with E-state index in [4.69, 9.17) is 9.26 Å². The first-order chi connectivity index (χ1) is 18.9. The van der Waals surface area contributed by atoms with Crippen LogP contribution in [-0.4, -0.2) is 11.5 Å². The summed E-state index contributed by atoms with van der Waals surface area (Å²) in [6.45, 7) is 19.0. The van der Waals surface area contributed by atoms with Crippen molar-refractivity contribution in [3.05, 3.63) is 28.3 Å². The second-order valence-electron chi connectivity index (χ2n) is 13.9. The molecule has 0 radical (unpaired) electrons. The molecule has 1 N–H and O–H groups in total. The van der Waals surface area contributed by atoms with Crippen LogP contribution in [0.4, 0.5) is 0 Å². The summed E-state index contributed by atoms with van der Waals surface area (Å²) in [7, 11) is -3.00. The Labute approximate surface area is 249 Å². The topological polar surface area (TPSA) is 55.8 Å². The minimum atomic E-state index is -3.00. The number of rotatable bonds is 22. The van der Waals surface area contributed by atoms with E-state index >= 15 is 0 Å². The molecule has 40 heavy (non-hydrogen) atoms. The molecule has 0 spiro atoms. The van der Waals surface area contributed by atoms with E-state index in [1.165, 1.54) is 107 Å². The Balaban J connectivity index is 3.17. The highest BCUT2D eigenvalue weighted by Crippen LogP contribution is 2.44. The van der Waals surface area contributed by atoms with Crippen LogP contribution in [0.1, 0.15) is 180 Å². The number of benzene rings is 1. The van der Waals surface area contributed by atoms with Gasteiger partial charge in [-0.05, 0) is 47.3 Å². The van der Waals surface area contributed by atoms with E-state index < -0.39 is 8.25 Å². The molecule has 1 rings (SSSR count). The summed E-state index contributed by atoms with van der Waals surface area (Å²) < 4.78 is 23.6. The van der Waals surface area contributed by atoms with Gasteiger partial charge in [0.15, 0.2) is 0 Å². The van der Waals surface area contributed by atoms with Crippen LogP contribution >= 0.6 is 8.25 Å². The predicted octanol–water partition coefficient (Wildman–Crippen LogP) is 11.4. The average molecular weight is 581 g/mol. The Bertz CT molecular complexity index is 835. The molecule has 0 bridgehead atoms. The van der Waals surface area contributed by atoms with Gasteiger partial charge in [0.25, 0.3) is 0 Å². The van der Waals surface area contributed by atoms with Crippen molar-refractivity contribution in [2.75, 3.05) is 6.61 Å². The fourth-order valence-corrected chi connectivity index (χ4v) is 5.94. The maximum absolute atomic E-state index is 11.6. The van der Waals surface area contributed by atoms with Gasteiger partial charge in [-0.25, -0.2) is 0 Å². The normalized spacial score (nSPS) is 13.1. The summed E-state index contributed by atoms with van der Waals surface area (Å²) in [5.74, 6) is 1.04. The van der Waals surface area contributed by atoms with Gasteiger partial charge in [0.05, 0.1) is 13.2 Å². The molecule has 1 atom stereocenters. The largest absolute Gasteiger partial charge is 0.493 e. The summed E-state index contributed by atoms with van der Waals surface area (Å²) in [4.78, 5) is 9.50. The maximum Gasteiger partial charge on any atom is 0.316 e. The van der Waals surface area contributed by atoms with Crippen LogP contribution in [0.15, 0.2) is 6.07 Å². The first-order valence-electron chi connectivity index (χ1n) is 16.6. The average Bonchev–Trinajstić information content (AvgIpc) is 2.86. The zero-order chi connectivity index (χ0) is 30.0. The van der Waals surface area contributed by atoms with Gasteiger partial charge < -0.3 is 14.2 Å². The minimum absolute atomic E-state index is 0.120. The van der Waals surface area contributed by atoms with Gasteiger partial charge in [-0.2, -0.15) is 0 Å². The zero-order valence-electron chi connectivity index (χ0n) is 27.7. The lowest BCUT2D eigenvalue weighted by atomic mass is 9.74. The molecule has 5 heteroatoms. The van der Waals surface area contributed by atoms with Gasteiger partial charge in [-0.3, -0.25) is 4.57 Å². The lowest BCUT2D eigenvalue weighted by molar-refractivity contribution is 0.268. The molecule has 0 aliphatic rings. The number of unbranched alkanes of at least 4 members (excludes halogenated alkanes) is 14. The Kier molecular flexibility index (Phi) is 18.7. The molecule has 0 fully saturated rings. The third kappa shape index (κ3) is 14.9. The van der Waals surface area contributed by atoms with Gasteiger partial charge in [0.2, 0.25) is 0 Å². The van der Waals surface area contributed by atoms with Crippen LogP contribution < -0.4 is 4.74 Å². The van der Waals surface area contributed by atoms with Crippen LogP contribution in [-0.2, 0) is 32.9 Å². The Morgan fingerprint density at radius 3 is 1.62 bits per heavy atom. The summed E-state index contributed by atoms with van der Waals surface area (Å²) in [6.07, 6.45) is 21.4. The Hall–Kier alpha value is -0.830. The zero-order valence-corrected chi connectivity index (χ0v) is 28.7. The van der Waals surface area contributed by atoms with Crippen LogP contribution in [0.2, 0.25) is 0 Å². The highest BCUT2D eigenvalue weighted by atomic mass is 31.1. The highest BCUT2D eigenvalue weighted by Gasteiger charge is 2.31. The number of hydrogen-bond acceptors (Lipinski definition) is 3. The van der Waals surface area contributed by atoms with E-state index in [2.05, 4.69) is 61.5 Å². The van der Waals surface area contributed by atoms with Gasteiger partial charge in [0, 0.05) is 11.1 Å². The van der Waals surface area contributed by atoms with E-state index in [-0.39, 0.29) is 17.4 Å². The molecule has 0 aliphatic heterocycles. The minimum Gasteiger partial charge on any atom is -0.493 e. The molecule has 4 nitrogen and oxygen atoms in total. The van der Waals surface area contributed by atoms with Crippen molar-refractivity contribution in [2.24, 2.45) is 0 Å². The fraction of sp³-hybridized carbons (Fsp3) is 0.829. The molecule has 234 valence electrons. The predicted molar refractivity (Wildman–Crippen MR) is 174 cm³/mol. The molecule has 1 aromatic rings. The first kappa shape index (κ1) is 37.2. The van der Waals surface area contributed by atoms with Gasteiger partial charge in [0.1, 0.15) is 5.75 Å². The van der Waals surface area contributed by atoms with Gasteiger partial charge >= 0.3 is 8.25 Å². The monoisotopic (exact) mass is 580 g/mol. The van der Waals surface area contributed by atoms with Crippen LogP contribution in [0.3, 0.4) is 0 Å². The van der Waals surface area contributed by atoms with Crippen LogP contribution in [0, 0.1) is 0 Å². The Morgan fingerprint density at radius 1 is 0.700 bits per heavy atom. The molecule has 0 aromatic heterocycles. The number of ether oxygens (including phenoxy) is 1. The molecule has 0 aliphatic carbocycles. The third-order valence-corrected chi connectivity index (χ3v) is 8.30. The quantitative estimate of drug-likeness (QED) is 0.109. The highest BCUT2D eigenvalue weighted by molar-refractivity contribution is 7.32. The van der Waals surface area contributed by atoms with Crippen molar-refractivity contribution in [1.82, 2.24) is 0 Å². The van der Waals surface area contributed by atoms with Crippen molar-refractivity contribution < 1.29 is 18.7 Å². The van der Waals surface area contributed by atoms with Gasteiger partial charge in [-0.1, -0.05) is 145 Å². The summed E-state index contributed by atoms with van der Waals surface area (Å²) in [5, 5.41) is 0. The smallest absolute Gasteiger partial charge is 0.316 e. The van der Waals surface area contributed by atoms with Crippen molar-refractivity contribution >= 4 is 8.25 Å². The van der Waals surface area contributed by atoms with E-state index in [0.717, 1.165) is 37.2 Å². The molecule has 0 saturated heterocycles. The van der Waals surface area contributed by atoms with Crippen molar-refractivity contribution in [3.8, 4) is 5.75 Å². The fourth-order valence-electron chi connectivity index (χ4n) is 5.66. The van der Waals surface area contributed by atoms with E-state index in [1.807, 2.05) is 0 Å². The standard InChI is InChI=1S/C35H65O4P/c1-9-11-13-15-17-19-21-23-25-30-29(28-39-40(36)37)27-31(34(3,4)5)33(32(30)35(6,7)8)38-26-24-22-20-18-16-14-12-10-2/h27,40H,9-26,28H2,1-8H3,(H,36,37). The van der Waals surface area contributed by atoms with E-state index in [1.54, 1.807) is 0 Å². The Morgan fingerprint density at radius 2 is 1.18 bits per heavy atom. The van der Waals surface area contributed by atoms with E-state index in [9.17, 15) is 9.46 Å². The lowest BCUT2D eigenvalue weighted by Crippen LogP contribution is -2.23. The molecular weight excluding hydrogens is 515 g/mol. The van der Waals surface area contributed by atoms with E-state index in [0.29, 0.717) is 0 Å². The van der Waals surface area contributed by atoms with Crippen molar-refractivity contribution in [3.63, 3.8) is 0 Å². The van der Waals surface area contributed by atoms with Crippen LogP contribution in [0.25, 0.3) is 0 Å². The molecule has 0 amide bonds. The first-order valence-corrected chi connectivity index (χ1v) is 17.9. The molecule has 1 aromatic carbocycles. The van der Waals surface area contributed by atoms with Crippen molar-refractivity contribution in [2.45, 2.75) is 182 Å². The SMILES string of the molecule is CCCCCCCCCCOc1c(C(C)(C)C)cc(CO[PH](=O)O)c(CCCCCCCCCC)c1C(C)(C)C. The lowest BCUT2D eigenvalue weighted by Gasteiger charge is -2.33. The third-order valence-electron chi connectivity index (χ3n) is 7.91. The second kappa shape index (κ2) is 20.1. The van der Waals surface area contributed by atoms with Crippen LogP contribution in [0.5, 0.6) is 5.75 Å². The second-order valence-corrected chi connectivity index (χ2v) is 14.7.